The molecule has 3 rings (SSSR count). The number of carbonyl (C=O) groups is 2. The van der Waals surface area contributed by atoms with Crippen molar-refractivity contribution in [3.8, 4) is 0 Å². The number of rotatable bonds is 5. The maximum Gasteiger partial charge on any atom is 0.240 e. The van der Waals surface area contributed by atoms with E-state index < -0.39 is 5.41 Å². The molecule has 0 heterocycles. The average Bonchev–Trinajstić information content (AvgIpc) is 3.41. The minimum atomic E-state index is -1.05. The zero-order valence-electron chi connectivity index (χ0n) is 13.7. The molecule has 1 fully saturated rings. The largest absolute Gasteiger partial charge is 0.325 e. The van der Waals surface area contributed by atoms with Crippen LogP contribution in [0.5, 0.6) is 0 Å². The molecular weight excluding hydrogens is 359 g/mol. The summed E-state index contributed by atoms with van der Waals surface area (Å²) in [7, 11) is 0. The summed E-state index contributed by atoms with van der Waals surface area (Å²) in [6, 6.07) is 12.6. The molecule has 0 aliphatic heterocycles. The van der Waals surface area contributed by atoms with Crippen LogP contribution in [0.15, 0.2) is 42.5 Å². The van der Waals surface area contributed by atoms with E-state index >= 15 is 0 Å². The van der Waals surface area contributed by atoms with E-state index in [0.717, 1.165) is 17.7 Å². The minimum Gasteiger partial charge on any atom is -0.325 e. The first-order valence-electron chi connectivity index (χ1n) is 8.13. The molecule has 2 amide bonds. The van der Waals surface area contributed by atoms with Gasteiger partial charge >= 0.3 is 0 Å². The van der Waals surface area contributed by atoms with E-state index in [-0.39, 0.29) is 16.8 Å². The molecule has 0 bridgehead atoms. The third kappa shape index (κ3) is 3.51. The molecule has 2 aromatic carbocycles. The lowest BCUT2D eigenvalue weighted by Crippen LogP contribution is -2.36. The molecule has 130 valence electrons. The van der Waals surface area contributed by atoms with E-state index in [1.54, 1.807) is 18.2 Å². The highest BCUT2D eigenvalue weighted by molar-refractivity contribution is 6.44. The summed E-state index contributed by atoms with van der Waals surface area (Å²) in [6.07, 6.45) is 1.82. The van der Waals surface area contributed by atoms with Gasteiger partial charge in [-0.1, -0.05) is 54.4 Å². The van der Waals surface area contributed by atoms with Gasteiger partial charge in [-0.25, -0.2) is 0 Å². The van der Waals surface area contributed by atoms with Gasteiger partial charge in [-0.3, -0.25) is 9.59 Å². The molecule has 2 aromatic rings. The van der Waals surface area contributed by atoms with E-state index in [1.807, 2.05) is 31.2 Å². The van der Waals surface area contributed by atoms with E-state index in [9.17, 15) is 9.59 Å². The fourth-order valence-corrected chi connectivity index (χ4v) is 3.06. The fraction of sp³-hybridized carbons (Fsp3) is 0.263. The molecule has 2 N–H and O–H groups in total. The molecule has 0 saturated heterocycles. The second kappa shape index (κ2) is 7.06. The van der Waals surface area contributed by atoms with E-state index in [2.05, 4.69) is 10.6 Å². The summed E-state index contributed by atoms with van der Waals surface area (Å²) in [5, 5.41) is 6.25. The number of halogens is 2. The van der Waals surface area contributed by atoms with Crippen LogP contribution in [0.1, 0.15) is 25.3 Å². The second-order valence-corrected chi connectivity index (χ2v) is 6.89. The normalized spacial score (nSPS) is 14.7. The first kappa shape index (κ1) is 17.8. The van der Waals surface area contributed by atoms with Gasteiger partial charge in [-0.2, -0.15) is 0 Å². The lowest BCUT2D eigenvalue weighted by Gasteiger charge is -2.17. The van der Waals surface area contributed by atoms with Crippen molar-refractivity contribution in [2.45, 2.75) is 26.2 Å². The molecule has 0 aromatic heterocycles. The molecule has 0 atom stereocenters. The van der Waals surface area contributed by atoms with Crippen LogP contribution in [0.3, 0.4) is 0 Å². The predicted molar refractivity (Wildman–Crippen MR) is 101 cm³/mol. The first-order chi connectivity index (χ1) is 12.0. The molecule has 0 spiro atoms. The first-order valence-corrected chi connectivity index (χ1v) is 8.88. The maximum atomic E-state index is 12.7. The van der Waals surface area contributed by atoms with Gasteiger partial charge in [0.15, 0.2) is 0 Å². The Hall–Kier alpha value is -2.04. The van der Waals surface area contributed by atoms with Crippen LogP contribution in [-0.2, 0) is 16.0 Å². The van der Waals surface area contributed by atoms with Crippen molar-refractivity contribution < 1.29 is 9.59 Å². The SMILES string of the molecule is CCc1ccccc1NC(=O)C1(C(=O)Nc2cccc(Cl)c2Cl)CC1. The van der Waals surface area contributed by atoms with Crippen LogP contribution in [0.4, 0.5) is 11.4 Å². The van der Waals surface area contributed by atoms with Crippen molar-refractivity contribution in [2.75, 3.05) is 10.6 Å². The van der Waals surface area contributed by atoms with Crippen LogP contribution in [0.25, 0.3) is 0 Å². The molecule has 6 heteroatoms. The van der Waals surface area contributed by atoms with Gasteiger partial charge < -0.3 is 10.6 Å². The van der Waals surface area contributed by atoms with E-state index in [0.29, 0.717) is 23.6 Å². The number of nitrogens with one attached hydrogen (secondary N) is 2. The Labute approximate surface area is 156 Å². The molecule has 4 nitrogen and oxygen atoms in total. The van der Waals surface area contributed by atoms with Crippen molar-refractivity contribution in [1.82, 2.24) is 0 Å². The number of amides is 2. The van der Waals surface area contributed by atoms with Crippen LogP contribution in [0, 0.1) is 5.41 Å². The number of hydrogen-bond acceptors (Lipinski definition) is 2. The Bertz CT molecular complexity index is 832. The zero-order chi connectivity index (χ0) is 18.0. The van der Waals surface area contributed by atoms with Crippen molar-refractivity contribution in [1.29, 1.82) is 0 Å². The van der Waals surface area contributed by atoms with Gasteiger partial charge in [0.1, 0.15) is 5.41 Å². The summed E-state index contributed by atoms with van der Waals surface area (Å²) in [4.78, 5) is 25.4. The standard InChI is InChI=1S/C19H18Cl2N2O2/c1-2-12-6-3-4-8-14(12)22-17(24)19(10-11-19)18(25)23-15-9-5-7-13(20)16(15)21/h3-9H,2,10-11H2,1H3,(H,22,24)(H,23,25). The van der Waals surface area contributed by atoms with Gasteiger partial charge in [0.2, 0.25) is 11.8 Å². The number of para-hydroxylation sites is 1. The highest BCUT2D eigenvalue weighted by Gasteiger charge is 2.56. The van der Waals surface area contributed by atoms with Crippen molar-refractivity contribution in [2.24, 2.45) is 5.41 Å². The Morgan fingerprint density at radius 2 is 1.56 bits per heavy atom. The molecule has 1 saturated carbocycles. The van der Waals surface area contributed by atoms with Crippen molar-refractivity contribution in [3.63, 3.8) is 0 Å². The third-order valence-corrected chi connectivity index (χ3v) is 5.28. The van der Waals surface area contributed by atoms with Crippen LogP contribution < -0.4 is 10.6 Å². The van der Waals surface area contributed by atoms with Crippen LogP contribution >= 0.6 is 23.2 Å². The lowest BCUT2D eigenvalue weighted by molar-refractivity contribution is -0.131. The summed E-state index contributed by atoms with van der Waals surface area (Å²) in [6.45, 7) is 2.02. The summed E-state index contributed by atoms with van der Waals surface area (Å²) in [5.41, 5.74) is 1.14. The molecule has 1 aliphatic rings. The number of aryl methyl sites for hydroxylation is 1. The molecule has 0 unspecified atom stereocenters. The lowest BCUT2D eigenvalue weighted by atomic mass is 10.0. The molecule has 0 radical (unpaired) electrons. The Morgan fingerprint density at radius 3 is 2.20 bits per heavy atom. The predicted octanol–water partition coefficient (Wildman–Crippen LogP) is 4.91. The van der Waals surface area contributed by atoms with Crippen molar-refractivity contribution in [3.05, 3.63) is 58.1 Å². The average molecular weight is 377 g/mol. The summed E-state index contributed by atoms with van der Waals surface area (Å²) >= 11 is 12.1. The van der Waals surface area contributed by atoms with Gasteiger partial charge in [0, 0.05) is 5.69 Å². The number of anilines is 2. The molecule has 1 aliphatic carbocycles. The molecule has 25 heavy (non-hydrogen) atoms. The number of benzene rings is 2. The Morgan fingerprint density at radius 1 is 0.960 bits per heavy atom. The van der Waals surface area contributed by atoms with Crippen molar-refractivity contribution >= 4 is 46.4 Å². The number of carbonyl (C=O) groups excluding carboxylic acids is 2. The highest BCUT2D eigenvalue weighted by Crippen LogP contribution is 2.48. The maximum absolute atomic E-state index is 12.7. The highest BCUT2D eigenvalue weighted by atomic mass is 35.5. The van der Waals surface area contributed by atoms with Crippen LogP contribution in [-0.4, -0.2) is 11.8 Å². The van der Waals surface area contributed by atoms with E-state index in [4.69, 9.17) is 23.2 Å². The smallest absolute Gasteiger partial charge is 0.240 e. The van der Waals surface area contributed by atoms with Crippen LogP contribution in [0.2, 0.25) is 10.0 Å². The Kier molecular flexibility index (Phi) is 5.02. The zero-order valence-corrected chi connectivity index (χ0v) is 15.2. The van der Waals surface area contributed by atoms with Gasteiger partial charge in [-0.05, 0) is 43.0 Å². The van der Waals surface area contributed by atoms with E-state index in [1.165, 1.54) is 0 Å². The monoisotopic (exact) mass is 376 g/mol. The summed E-state index contributed by atoms with van der Waals surface area (Å²) < 4.78 is 0. The Balaban J connectivity index is 1.76. The minimum absolute atomic E-state index is 0.269. The number of hydrogen-bond donors (Lipinski definition) is 2. The fourth-order valence-electron chi connectivity index (χ4n) is 2.72. The van der Waals surface area contributed by atoms with Gasteiger partial charge in [0.25, 0.3) is 0 Å². The van der Waals surface area contributed by atoms with Gasteiger partial charge in [-0.15, -0.1) is 0 Å². The summed E-state index contributed by atoms with van der Waals surface area (Å²) in [5.74, 6) is -0.646. The third-order valence-electron chi connectivity index (χ3n) is 4.47. The van der Waals surface area contributed by atoms with Gasteiger partial charge in [0.05, 0.1) is 15.7 Å². The molecular formula is C19H18Cl2N2O2. The quantitative estimate of drug-likeness (QED) is 0.728. The topological polar surface area (TPSA) is 58.2 Å². The second-order valence-electron chi connectivity index (χ2n) is 6.10.